The van der Waals surface area contributed by atoms with E-state index in [0.717, 1.165) is 6.42 Å². The first-order valence-electron chi connectivity index (χ1n) is 2.07. The molecule has 0 spiro atoms. The summed E-state index contributed by atoms with van der Waals surface area (Å²) in [5, 5.41) is 0. The van der Waals surface area contributed by atoms with Gasteiger partial charge in [-0.15, -0.1) is 12.2 Å². The summed E-state index contributed by atoms with van der Waals surface area (Å²) in [6.07, 6.45) is 7.21. The van der Waals surface area contributed by atoms with E-state index in [1.807, 2.05) is 12.2 Å². The van der Waals surface area contributed by atoms with E-state index in [1.165, 1.54) is 5.57 Å². The largest absolute Gasteiger partial charge is 0.241 e. The van der Waals surface area contributed by atoms with Crippen LogP contribution in [0, 0.1) is 6.92 Å². The summed E-state index contributed by atoms with van der Waals surface area (Å²) in [5.41, 5.74) is 1.22. The van der Waals surface area contributed by atoms with E-state index in [-0.39, 0.29) is 18.6 Å². The van der Waals surface area contributed by atoms with Crippen LogP contribution in [0.15, 0.2) is 23.8 Å². The third kappa shape index (κ3) is 1.91. The van der Waals surface area contributed by atoms with Gasteiger partial charge in [0.25, 0.3) is 0 Å². The molecule has 7 heavy (non-hydrogen) atoms. The summed E-state index contributed by atoms with van der Waals surface area (Å²) in [4.78, 5) is 0. The Bertz CT molecular complexity index is 101. The SMILES string of the molecule is [CH2-]C1=CC=CC1.[V]. The van der Waals surface area contributed by atoms with Crippen LogP contribution in [-0.4, -0.2) is 0 Å². The maximum Gasteiger partial charge on any atom is 0 e. The van der Waals surface area contributed by atoms with Gasteiger partial charge >= 0.3 is 0 Å². The Morgan fingerprint density at radius 3 is 2.43 bits per heavy atom. The zero-order chi connectivity index (χ0) is 4.41. The molecule has 37 valence electrons. The van der Waals surface area contributed by atoms with Crippen LogP contribution in [0.2, 0.25) is 0 Å². The molecule has 0 aromatic rings. The molecular weight excluding hydrogens is 123 g/mol. The standard InChI is InChI=1S/C6H7.V/c1-6-4-2-3-5-6;/h2-4H,1,5H2;/q-1;. The van der Waals surface area contributed by atoms with Gasteiger partial charge in [-0.25, -0.2) is 18.6 Å². The van der Waals surface area contributed by atoms with E-state index in [9.17, 15) is 0 Å². The van der Waals surface area contributed by atoms with Gasteiger partial charge < -0.3 is 0 Å². The van der Waals surface area contributed by atoms with Crippen LogP contribution >= 0.6 is 0 Å². The number of hydrogen-bond donors (Lipinski definition) is 0. The molecule has 1 aliphatic carbocycles. The van der Waals surface area contributed by atoms with Gasteiger partial charge in [0.2, 0.25) is 0 Å². The van der Waals surface area contributed by atoms with E-state index < -0.39 is 0 Å². The Labute approximate surface area is 56.2 Å². The average Bonchev–Trinajstić information content (AvgIpc) is 1.86. The number of allylic oxidation sites excluding steroid dienone is 4. The summed E-state index contributed by atoms with van der Waals surface area (Å²) in [6.45, 7) is 3.74. The molecule has 0 nitrogen and oxygen atoms in total. The van der Waals surface area contributed by atoms with Crippen molar-refractivity contribution in [3.05, 3.63) is 30.7 Å². The summed E-state index contributed by atoms with van der Waals surface area (Å²) in [5.74, 6) is 0. The van der Waals surface area contributed by atoms with Gasteiger partial charge in [0, 0.05) is 18.6 Å². The predicted octanol–water partition coefficient (Wildman–Crippen LogP) is 1.70. The molecule has 0 N–H and O–H groups in total. The summed E-state index contributed by atoms with van der Waals surface area (Å²) < 4.78 is 0. The van der Waals surface area contributed by atoms with Gasteiger partial charge in [0.15, 0.2) is 0 Å². The minimum absolute atomic E-state index is 0. The van der Waals surface area contributed by atoms with Crippen molar-refractivity contribution in [2.24, 2.45) is 0 Å². The van der Waals surface area contributed by atoms with Crippen LogP contribution in [0.1, 0.15) is 6.42 Å². The Hall–Kier alpha value is -0.0656. The smallest absolute Gasteiger partial charge is 0 e. The predicted molar refractivity (Wildman–Crippen MR) is 27.2 cm³/mol. The molecule has 0 aliphatic heterocycles. The minimum atomic E-state index is 0. The average molecular weight is 130 g/mol. The van der Waals surface area contributed by atoms with Crippen LogP contribution in [0.4, 0.5) is 0 Å². The van der Waals surface area contributed by atoms with Gasteiger partial charge in [-0.05, 0) is 6.42 Å². The molecule has 1 radical (unpaired) electrons. The van der Waals surface area contributed by atoms with Crippen molar-refractivity contribution in [2.75, 3.05) is 0 Å². The Balaban J connectivity index is 0.000000360. The molecule has 0 bridgehead atoms. The molecule has 0 saturated carbocycles. The van der Waals surface area contributed by atoms with E-state index in [1.54, 1.807) is 0 Å². The molecule has 0 amide bonds. The Kier molecular flexibility index (Phi) is 2.98. The van der Waals surface area contributed by atoms with E-state index >= 15 is 0 Å². The summed E-state index contributed by atoms with van der Waals surface area (Å²) in [7, 11) is 0. The second kappa shape index (κ2) is 3.00. The fourth-order valence-electron chi connectivity index (χ4n) is 0.492. The molecule has 0 atom stereocenters. The number of rotatable bonds is 0. The first kappa shape index (κ1) is 6.93. The molecular formula is C6H7V-. The van der Waals surface area contributed by atoms with Crippen molar-refractivity contribution >= 4 is 0 Å². The van der Waals surface area contributed by atoms with Gasteiger partial charge in [0.1, 0.15) is 0 Å². The molecule has 0 fully saturated rings. The fourth-order valence-corrected chi connectivity index (χ4v) is 0.492. The van der Waals surface area contributed by atoms with E-state index in [4.69, 9.17) is 0 Å². The molecule has 1 aliphatic rings. The normalized spacial score (nSPS) is 15.7. The molecule has 1 rings (SSSR count). The zero-order valence-electron chi connectivity index (χ0n) is 4.09. The maximum absolute atomic E-state index is 3.74. The van der Waals surface area contributed by atoms with Crippen molar-refractivity contribution in [3.8, 4) is 0 Å². The van der Waals surface area contributed by atoms with E-state index in [2.05, 4.69) is 13.0 Å². The van der Waals surface area contributed by atoms with Gasteiger partial charge in [0.05, 0.1) is 0 Å². The van der Waals surface area contributed by atoms with Crippen LogP contribution < -0.4 is 0 Å². The topological polar surface area (TPSA) is 0 Å². The van der Waals surface area contributed by atoms with Crippen molar-refractivity contribution in [3.63, 3.8) is 0 Å². The second-order valence-corrected chi connectivity index (χ2v) is 1.46. The first-order valence-corrected chi connectivity index (χ1v) is 2.07. The third-order valence-electron chi connectivity index (χ3n) is 0.848. The van der Waals surface area contributed by atoms with Gasteiger partial charge in [-0.1, -0.05) is 0 Å². The maximum atomic E-state index is 3.74. The first-order chi connectivity index (χ1) is 2.89. The van der Waals surface area contributed by atoms with Crippen LogP contribution in [-0.2, 0) is 18.6 Å². The Morgan fingerprint density at radius 2 is 2.29 bits per heavy atom. The third-order valence-corrected chi connectivity index (χ3v) is 0.848. The van der Waals surface area contributed by atoms with Crippen molar-refractivity contribution in [1.82, 2.24) is 0 Å². The molecule has 0 heterocycles. The fraction of sp³-hybridized carbons (Fsp3) is 0.167. The Morgan fingerprint density at radius 1 is 1.57 bits per heavy atom. The van der Waals surface area contributed by atoms with Crippen LogP contribution in [0.3, 0.4) is 0 Å². The van der Waals surface area contributed by atoms with Crippen molar-refractivity contribution < 1.29 is 18.6 Å². The molecule has 0 unspecified atom stereocenters. The van der Waals surface area contributed by atoms with E-state index in [0.29, 0.717) is 0 Å². The number of hydrogen-bond acceptors (Lipinski definition) is 0. The minimum Gasteiger partial charge on any atom is -0.241 e. The monoisotopic (exact) mass is 130 g/mol. The van der Waals surface area contributed by atoms with Gasteiger partial charge in [-0.2, -0.15) is 0 Å². The zero-order valence-corrected chi connectivity index (χ0v) is 5.49. The molecule has 0 aromatic heterocycles. The molecule has 0 aromatic carbocycles. The van der Waals surface area contributed by atoms with Crippen LogP contribution in [0.25, 0.3) is 0 Å². The van der Waals surface area contributed by atoms with Crippen molar-refractivity contribution in [2.45, 2.75) is 6.42 Å². The summed E-state index contributed by atoms with van der Waals surface area (Å²) >= 11 is 0. The summed E-state index contributed by atoms with van der Waals surface area (Å²) in [6, 6.07) is 0. The quantitative estimate of drug-likeness (QED) is 0.438. The van der Waals surface area contributed by atoms with Gasteiger partial charge in [-0.3, -0.25) is 0 Å². The van der Waals surface area contributed by atoms with Crippen LogP contribution in [0.5, 0.6) is 0 Å². The van der Waals surface area contributed by atoms with Crippen molar-refractivity contribution in [1.29, 1.82) is 0 Å². The molecule has 0 saturated heterocycles. The second-order valence-electron chi connectivity index (χ2n) is 1.46. The molecule has 1 heteroatoms.